The zero-order valence-corrected chi connectivity index (χ0v) is 20.2. The summed E-state index contributed by atoms with van der Waals surface area (Å²) in [6.07, 6.45) is 0. The second-order valence-corrected chi connectivity index (χ2v) is 9.64. The molecule has 0 atom stereocenters. The average molecular weight is 492 g/mol. The van der Waals surface area contributed by atoms with E-state index in [-0.39, 0.29) is 12.5 Å². The lowest BCUT2D eigenvalue weighted by Crippen LogP contribution is -2.47. The molecule has 0 aliphatic carbocycles. The summed E-state index contributed by atoms with van der Waals surface area (Å²) in [6, 6.07) is 5.85. The van der Waals surface area contributed by atoms with Crippen LogP contribution >= 0.6 is 35.0 Å². The number of hydrogen-bond donors (Lipinski definition) is 1. The van der Waals surface area contributed by atoms with Gasteiger partial charge in [-0.2, -0.15) is 5.26 Å². The molecular formula is C22H23Cl2N5O2S. The van der Waals surface area contributed by atoms with Crippen LogP contribution in [0.5, 0.6) is 5.75 Å². The number of carbonyl (C=O) groups is 1. The molecule has 32 heavy (non-hydrogen) atoms. The number of fused-ring (bicyclic) bond motifs is 1. The molecule has 7 nitrogen and oxygen atoms in total. The van der Waals surface area contributed by atoms with Crippen molar-refractivity contribution in [1.29, 1.82) is 5.26 Å². The zero-order chi connectivity index (χ0) is 22.8. The van der Waals surface area contributed by atoms with Crippen LogP contribution in [0.25, 0.3) is 0 Å². The highest BCUT2D eigenvalue weighted by molar-refractivity contribution is 7.99. The fourth-order valence-corrected chi connectivity index (χ4v) is 5.34. The molecule has 10 heteroatoms. The first-order chi connectivity index (χ1) is 15.4. The van der Waals surface area contributed by atoms with Gasteiger partial charge >= 0.3 is 0 Å². The Morgan fingerprint density at radius 2 is 2.00 bits per heavy atom. The number of aromatic nitrogens is 1. The maximum Gasteiger partial charge on any atom is 0.262 e. The monoisotopic (exact) mass is 491 g/mol. The van der Waals surface area contributed by atoms with Crippen LogP contribution < -0.4 is 15.0 Å². The van der Waals surface area contributed by atoms with Crippen LogP contribution in [0.4, 0.5) is 11.4 Å². The minimum atomic E-state index is -0.173. The van der Waals surface area contributed by atoms with Gasteiger partial charge in [0.15, 0.2) is 12.4 Å². The van der Waals surface area contributed by atoms with E-state index in [0.29, 0.717) is 27.0 Å². The van der Waals surface area contributed by atoms with Gasteiger partial charge in [-0.1, -0.05) is 23.2 Å². The summed E-state index contributed by atoms with van der Waals surface area (Å²) in [5.74, 6) is 1.35. The van der Waals surface area contributed by atoms with E-state index in [1.807, 2.05) is 19.9 Å². The first-order valence-corrected chi connectivity index (χ1v) is 12.0. The van der Waals surface area contributed by atoms with Gasteiger partial charge in [0, 0.05) is 43.5 Å². The van der Waals surface area contributed by atoms with Gasteiger partial charge < -0.3 is 15.0 Å². The number of nitriles is 1. The van der Waals surface area contributed by atoms with Crippen LogP contribution in [0.2, 0.25) is 10.0 Å². The van der Waals surface area contributed by atoms with E-state index in [4.69, 9.17) is 27.9 Å². The van der Waals surface area contributed by atoms with E-state index < -0.39 is 0 Å². The van der Waals surface area contributed by atoms with Crippen molar-refractivity contribution in [2.45, 2.75) is 18.9 Å². The number of nitrogens with zero attached hydrogens (tertiary/aromatic N) is 4. The highest BCUT2D eigenvalue weighted by Crippen LogP contribution is 2.41. The van der Waals surface area contributed by atoms with E-state index in [1.165, 1.54) is 0 Å². The summed E-state index contributed by atoms with van der Waals surface area (Å²) < 4.78 is 5.69. The van der Waals surface area contributed by atoms with Crippen molar-refractivity contribution in [3.63, 3.8) is 0 Å². The van der Waals surface area contributed by atoms with Gasteiger partial charge in [-0.3, -0.25) is 9.69 Å². The second kappa shape index (κ2) is 9.75. The van der Waals surface area contributed by atoms with Gasteiger partial charge in [0.1, 0.15) is 11.1 Å². The lowest BCUT2D eigenvalue weighted by Gasteiger charge is -2.37. The highest BCUT2D eigenvalue weighted by Gasteiger charge is 2.26. The van der Waals surface area contributed by atoms with Gasteiger partial charge in [0.25, 0.3) is 5.91 Å². The number of thioether (sulfide) groups is 1. The maximum absolute atomic E-state index is 11.6. The van der Waals surface area contributed by atoms with Crippen LogP contribution in [0, 0.1) is 25.2 Å². The maximum atomic E-state index is 11.6. The number of amides is 1. The third-order valence-electron chi connectivity index (χ3n) is 5.63. The topological polar surface area (TPSA) is 81.5 Å². The van der Waals surface area contributed by atoms with Crippen molar-refractivity contribution in [2.24, 2.45) is 0 Å². The zero-order valence-electron chi connectivity index (χ0n) is 17.9. The number of aryl methyl sites for hydroxylation is 1. The molecule has 0 spiro atoms. The van der Waals surface area contributed by atoms with Crippen molar-refractivity contribution in [3.05, 3.63) is 39.0 Å². The fraction of sp³-hybridized carbons (Fsp3) is 0.409. The first kappa shape index (κ1) is 23.0. The summed E-state index contributed by atoms with van der Waals surface area (Å²) in [7, 11) is 0. The normalized spacial score (nSPS) is 16.2. The van der Waals surface area contributed by atoms with Crippen molar-refractivity contribution in [3.8, 4) is 11.8 Å². The molecule has 1 N–H and O–H groups in total. The Morgan fingerprint density at radius 3 is 2.72 bits per heavy atom. The Hall–Kier alpha value is -2.18. The quantitative estimate of drug-likeness (QED) is 0.629. The molecular weight excluding hydrogens is 469 g/mol. The summed E-state index contributed by atoms with van der Waals surface area (Å²) in [4.78, 5) is 20.8. The standard InChI is InChI=1S/C22H23Cl2N5O2S/c1-13-16(11-25)22(26-14(2)20(13)24)32-8-7-28-3-5-29(6-4-28)18-10-15(23)9-17-21(18)31-12-19(30)27-17/h9-10H,3-8,12H2,1-2H3,(H,27,30). The van der Waals surface area contributed by atoms with Crippen LogP contribution in [0.3, 0.4) is 0 Å². The van der Waals surface area contributed by atoms with E-state index in [2.05, 4.69) is 26.2 Å². The van der Waals surface area contributed by atoms with E-state index in [0.717, 1.165) is 60.4 Å². The van der Waals surface area contributed by atoms with Crippen molar-refractivity contribution >= 4 is 52.2 Å². The van der Waals surface area contributed by atoms with Gasteiger partial charge in [-0.15, -0.1) is 11.8 Å². The second-order valence-electron chi connectivity index (χ2n) is 7.74. The predicted octanol–water partition coefficient (Wildman–Crippen LogP) is 4.12. The minimum absolute atomic E-state index is 0.0151. The number of halogens is 2. The predicted molar refractivity (Wildman–Crippen MR) is 128 cm³/mol. The number of benzene rings is 1. The van der Waals surface area contributed by atoms with Gasteiger partial charge in [-0.25, -0.2) is 4.98 Å². The SMILES string of the molecule is Cc1nc(SCCN2CCN(c3cc(Cl)cc4c3OCC(=O)N4)CC2)c(C#N)c(C)c1Cl. The summed E-state index contributed by atoms with van der Waals surface area (Å²) in [5, 5.41) is 14.2. The number of anilines is 2. The Bertz CT molecular complexity index is 1100. The molecule has 1 aromatic heterocycles. The molecule has 0 saturated carbocycles. The largest absolute Gasteiger partial charge is 0.479 e. The third kappa shape index (κ3) is 4.76. The number of rotatable bonds is 5. The van der Waals surface area contributed by atoms with E-state index in [1.54, 1.807) is 17.8 Å². The fourth-order valence-electron chi connectivity index (χ4n) is 3.90. The lowest BCUT2D eigenvalue weighted by atomic mass is 10.1. The number of piperazine rings is 1. The summed E-state index contributed by atoms with van der Waals surface area (Å²) >= 11 is 14.1. The molecule has 1 fully saturated rings. The van der Waals surface area contributed by atoms with Gasteiger partial charge in [-0.05, 0) is 31.5 Å². The molecule has 3 heterocycles. The number of ether oxygens (including phenoxy) is 1. The smallest absolute Gasteiger partial charge is 0.262 e. The molecule has 1 amide bonds. The molecule has 2 aliphatic rings. The summed E-state index contributed by atoms with van der Waals surface area (Å²) in [6.45, 7) is 8.08. The number of carbonyl (C=O) groups excluding carboxylic acids is 1. The van der Waals surface area contributed by atoms with E-state index in [9.17, 15) is 10.1 Å². The Kier molecular flexibility index (Phi) is 7.01. The van der Waals surface area contributed by atoms with Crippen LogP contribution in [0.15, 0.2) is 17.2 Å². The molecule has 0 radical (unpaired) electrons. The molecule has 2 aromatic rings. The molecule has 0 bridgehead atoms. The Morgan fingerprint density at radius 1 is 1.25 bits per heavy atom. The molecule has 0 unspecified atom stereocenters. The third-order valence-corrected chi connectivity index (χ3v) is 7.36. The van der Waals surface area contributed by atoms with Crippen LogP contribution in [-0.2, 0) is 4.79 Å². The highest BCUT2D eigenvalue weighted by atomic mass is 35.5. The van der Waals surface area contributed by atoms with Gasteiger partial charge in [0.05, 0.1) is 27.7 Å². The molecule has 2 aliphatic heterocycles. The molecule has 4 rings (SSSR count). The van der Waals surface area contributed by atoms with Crippen LogP contribution in [0.1, 0.15) is 16.8 Å². The van der Waals surface area contributed by atoms with Gasteiger partial charge in [0.2, 0.25) is 0 Å². The van der Waals surface area contributed by atoms with E-state index >= 15 is 0 Å². The first-order valence-electron chi connectivity index (χ1n) is 10.3. The molecule has 168 valence electrons. The Labute approximate surface area is 201 Å². The Balaban J connectivity index is 1.35. The van der Waals surface area contributed by atoms with Crippen molar-refractivity contribution in [2.75, 3.05) is 55.3 Å². The van der Waals surface area contributed by atoms with Crippen molar-refractivity contribution in [1.82, 2.24) is 9.88 Å². The number of hydrogen-bond acceptors (Lipinski definition) is 7. The molecule has 1 aromatic carbocycles. The van der Waals surface area contributed by atoms with Crippen molar-refractivity contribution < 1.29 is 9.53 Å². The average Bonchev–Trinajstić information content (AvgIpc) is 2.77. The summed E-state index contributed by atoms with van der Waals surface area (Å²) in [5.41, 5.74) is 3.64. The minimum Gasteiger partial charge on any atom is -0.479 e. The molecule has 1 saturated heterocycles. The number of pyridine rings is 1. The van der Waals surface area contributed by atoms with Crippen LogP contribution in [-0.4, -0.2) is 60.9 Å². The lowest BCUT2D eigenvalue weighted by molar-refractivity contribution is -0.118. The number of nitrogens with one attached hydrogen (secondary N) is 1.